The van der Waals surface area contributed by atoms with Crippen LogP contribution in [0.25, 0.3) is 0 Å². The summed E-state index contributed by atoms with van der Waals surface area (Å²) in [7, 11) is 0. The van der Waals surface area contributed by atoms with Crippen molar-refractivity contribution in [1.82, 2.24) is 0 Å². The zero-order valence-corrected chi connectivity index (χ0v) is 18.5. The van der Waals surface area contributed by atoms with E-state index in [2.05, 4.69) is 5.32 Å². The van der Waals surface area contributed by atoms with Crippen LogP contribution in [0.5, 0.6) is 0 Å². The summed E-state index contributed by atoms with van der Waals surface area (Å²) in [6.45, 7) is 0.634. The molecule has 0 aliphatic heterocycles. The van der Waals surface area contributed by atoms with Crippen LogP contribution in [0.3, 0.4) is 0 Å². The number of anilines is 2. The van der Waals surface area contributed by atoms with Gasteiger partial charge in [-0.25, -0.2) is 0 Å². The molecule has 0 aromatic heterocycles. The summed E-state index contributed by atoms with van der Waals surface area (Å²) in [6, 6.07) is 17.3. The van der Waals surface area contributed by atoms with Crippen LogP contribution in [0.1, 0.15) is 37.7 Å². The third kappa shape index (κ3) is 6.90. The molecule has 0 radical (unpaired) electrons. The normalized spacial score (nSPS) is 14.6. The molecule has 164 valence electrons. The Balaban J connectivity index is 0.00000225. The van der Waals surface area contributed by atoms with Gasteiger partial charge in [-0.1, -0.05) is 55.7 Å². The third-order valence-electron chi connectivity index (χ3n) is 5.23. The van der Waals surface area contributed by atoms with E-state index in [-0.39, 0.29) is 37.3 Å². The molecular formula is C22H30Cl2N4O2. The standard InChI is InChI=1S/C22H28N4O2.2ClH/c23-20(27)16-26(15-17-8-3-1-4-9-17)19-11-7-10-18(14-19)25-21(28)22(24)12-5-2-6-13-22;;/h1,3-4,7-11,14H,2,5-6,12-13,15-16,24H2,(H2,23,27)(H,25,28);2*1H. The van der Waals surface area contributed by atoms with Gasteiger partial charge in [0.25, 0.3) is 0 Å². The van der Waals surface area contributed by atoms with Gasteiger partial charge in [0.2, 0.25) is 11.8 Å². The Kier molecular flexibility index (Phi) is 10.1. The number of benzene rings is 2. The van der Waals surface area contributed by atoms with Gasteiger partial charge in [0.15, 0.2) is 0 Å². The first kappa shape index (κ1) is 25.8. The molecule has 0 heterocycles. The summed E-state index contributed by atoms with van der Waals surface area (Å²) >= 11 is 0. The molecule has 1 aliphatic rings. The highest BCUT2D eigenvalue weighted by Gasteiger charge is 2.35. The fraction of sp³-hybridized carbons (Fsp3) is 0.364. The van der Waals surface area contributed by atoms with E-state index in [1.54, 1.807) is 0 Å². The third-order valence-corrected chi connectivity index (χ3v) is 5.23. The van der Waals surface area contributed by atoms with Crippen molar-refractivity contribution in [3.05, 3.63) is 60.2 Å². The molecule has 2 amide bonds. The lowest BCUT2D eigenvalue weighted by Gasteiger charge is -2.32. The van der Waals surface area contributed by atoms with E-state index in [1.807, 2.05) is 59.5 Å². The second-order valence-corrected chi connectivity index (χ2v) is 7.53. The van der Waals surface area contributed by atoms with Gasteiger partial charge < -0.3 is 21.7 Å². The van der Waals surface area contributed by atoms with Crippen LogP contribution in [-0.4, -0.2) is 23.9 Å². The zero-order chi connectivity index (χ0) is 20.0. The number of amides is 2. The molecule has 30 heavy (non-hydrogen) atoms. The monoisotopic (exact) mass is 452 g/mol. The number of nitrogens with one attached hydrogen (secondary N) is 1. The molecule has 0 atom stereocenters. The quantitative estimate of drug-likeness (QED) is 0.596. The van der Waals surface area contributed by atoms with Crippen LogP contribution in [0.2, 0.25) is 0 Å². The Hall–Kier alpha value is -2.28. The average molecular weight is 453 g/mol. The van der Waals surface area contributed by atoms with E-state index in [0.717, 1.165) is 30.5 Å². The minimum atomic E-state index is -0.800. The predicted molar refractivity (Wildman–Crippen MR) is 126 cm³/mol. The molecule has 3 rings (SSSR count). The van der Waals surface area contributed by atoms with Crippen molar-refractivity contribution < 1.29 is 9.59 Å². The highest BCUT2D eigenvalue weighted by molar-refractivity contribution is 5.98. The SMILES string of the molecule is Cl.Cl.NC(=O)CN(Cc1ccccc1)c1cccc(NC(=O)C2(N)CCCCC2)c1. The van der Waals surface area contributed by atoms with Gasteiger partial charge in [-0.3, -0.25) is 9.59 Å². The van der Waals surface area contributed by atoms with E-state index in [4.69, 9.17) is 11.5 Å². The molecule has 0 unspecified atom stereocenters. The van der Waals surface area contributed by atoms with Crippen LogP contribution in [0.15, 0.2) is 54.6 Å². The molecule has 2 aromatic carbocycles. The Labute approximate surface area is 190 Å². The summed E-state index contributed by atoms with van der Waals surface area (Å²) in [6.07, 6.45) is 4.50. The number of carbonyl (C=O) groups is 2. The Morgan fingerprint density at radius 3 is 2.27 bits per heavy atom. The number of primary amides is 1. The minimum Gasteiger partial charge on any atom is -0.368 e. The van der Waals surface area contributed by atoms with Crippen LogP contribution in [0.4, 0.5) is 11.4 Å². The van der Waals surface area contributed by atoms with Crippen LogP contribution in [-0.2, 0) is 16.1 Å². The molecule has 6 nitrogen and oxygen atoms in total. The maximum Gasteiger partial charge on any atom is 0.244 e. The minimum absolute atomic E-state index is 0. The molecule has 8 heteroatoms. The first-order valence-electron chi connectivity index (χ1n) is 9.74. The van der Waals surface area contributed by atoms with Crippen molar-refractivity contribution >= 4 is 48.0 Å². The Morgan fingerprint density at radius 2 is 1.63 bits per heavy atom. The fourth-order valence-electron chi connectivity index (χ4n) is 3.68. The van der Waals surface area contributed by atoms with Crippen LogP contribution in [0, 0.1) is 0 Å². The van der Waals surface area contributed by atoms with Gasteiger partial charge >= 0.3 is 0 Å². The van der Waals surface area contributed by atoms with Crippen molar-refractivity contribution in [2.75, 3.05) is 16.8 Å². The number of halogens is 2. The zero-order valence-electron chi connectivity index (χ0n) is 16.9. The maximum atomic E-state index is 12.7. The predicted octanol–water partition coefficient (Wildman–Crippen LogP) is 3.62. The van der Waals surface area contributed by atoms with Crippen molar-refractivity contribution in [3.63, 3.8) is 0 Å². The van der Waals surface area contributed by atoms with Gasteiger partial charge in [0.05, 0.1) is 12.1 Å². The van der Waals surface area contributed by atoms with Crippen molar-refractivity contribution in [2.45, 2.75) is 44.2 Å². The first-order chi connectivity index (χ1) is 13.5. The molecule has 0 bridgehead atoms. The number of carbonyl (C=O) groups excluding carboxylic acids is 2. The smallest absolute Gasteiger partial charge is 0.244 e. The lowest BCUT2D eigenvalue weighted by atomic mass is 9.82. The summed E-state index contributed by atoms with van der Waals surface area (Å²) in [5.74, 6) is -0.553. The molecule has 1 saturated carbocycles. The fourth-order valence-corrected chi connectivity index (χ4v) is 3.68. The number of nitrogens with zero attached hydrogens (tertiary/aromatic N) is 1. The highest BCUT2D eigenvalue weighted by atomic mass is 35.5. The van der Waals surface area contributed by atoms with Crippen molar-refractivity contribution in [2.24, 2.45) is 11.5 Å². The van der Waals surface area contributed by atoms with Crippen molar-refractivity contribution in [3.8, 4) is 0 Å². The lowest BCUT2D eigenvalue weighted by molar-refractivity contribution is -0.122. The average Bonchev–Trinajstić information content (AvgIpc) is 2.69. The first-order valence-corrected chi connectivity index (χ1v) is 9.74. The number of nitrogens with two attached hydrogens (primary N) is 2. The topological polar surface area (TPSA) is 101 Å². The number of rotatable bonds is 7. The second-order valence-electron chi connectivity index (χ2n) is 7.53. The summed E-state index contributed by atoms with van der Waals surface area (Å²) in [4.78, 5) is 26.2. The van der Waals surface area contributed by atoms with Gasteiger partial charge in [0.1, 0.15) is 0 Å². The Morgan fingerprint density at radius 1 is 0.967 bits per heavy atom. The molecule has 1 aliphatic carbocycles. The van der Waals surface area contributed by atoms with Crippen LogP contribution >= 0.6 is 24.8 Å². The lowest BCUT2D eigenvalue weighted by Crippen LogP contribution is -2.52. The summed E-state index contributed by atoms with van der Waals surface area (Å²) in [5.41, 5.74) is 13.5. The van der Waals surface area contributed by atoms with Gasteiger partial charge in [0, 0.05) is 17.9 Å². The van der Waals surface area contributed by atoms with E-state index in [1.165, 1.54) is 0 Å². The second kappa shape index (κ2) is 11.8. The molecule has 0 spiro atoms. The molecule has 5 N–H and O–H groups in total. The maximum absolute atomic E-state index is 12.7. The van der Waals surface area contributed by atoms with E-state index in [0.29, 0.717) is 25.1 Å². The van der Waals surface area contributed by atoms with Gasteiger partial charge in [-0.2, -0.15) is 0 Å². The largest absolute Gasteiger partial charge is 0.368 e. The van der Waals surface area contributed by atoms with Gasteiger partial charge in [-0.15, -0.1) is 24.8 Å². The van der Waals surface area contributed by atoms with E-state index < -0.39 is 11.4 Å². The summed E-state index contributed by atoms with van der Waals surface area (Å²) < 4.78 is 0. The molecule has 2 aromatic rings. The number of hydrogen-bond donors (Lipinski definition) is 3. The van der Waals surface area contributed by atoms with Gasteiger partial charge in [-0.05, 0) is 36.6 Å². The Bertz CT molecular complexity index is 827. The highest BCUT2D eigenvalue weighted by Crippen LogP contribution is 2.28. The van der Waals surface area contributed by atoms with E-state index >= 15 is 0 Å². The van der Waals surface area contributed by atoms with Crippen molar-refractivity contribution in [1.29, 1.82) is 0 Å². The molecular weight excluding hydrogens is 423 g/mol. The number of hydrogen-bond acceptors (Lipinski definition) is 4. The van der Waals surface area contributed by atoms with Crippen LogP contribution < -0.4 is 21.7 Å². The molecule has 1 fully saturated rings. The summed E-state index contributed by atoms with van der Waals surface area (Å²) in [5, 5.41) is 2.96. The van der Waals surface area contributed by atoms with E-state index in [9.17, 15) is 9.59 Å². The molecule has 0 saturated heterocycles.